The number of allylic oxidation sites excluding steroid dienone is 1. The minimum atomic E-state index is -0.433. The third kappa shape index (κ3) is 2.96. The van der Waals surface area contributed by atoms with Crippen molar-refractivity contribution in [3.8, 4) is 0 Å². The highest BCUT2D eigenvalue weighted by atomic mass is 32.2. The first kappa shape index (κ1) is 17.7. The molecule has 4 rings (SSSR count). The normalized spacial score (nSPS) is 26.3. The van der Waals surface area contributed by atoms with E-state index in [1.54, 1.807) is 16.7 Å². The van der Waals surface area contributed by atoms with E-state index in [1.807, 2.05) is 24.3 Å². The van der Waals surface area contributed by atoms with Crippen molar-refractivity contribution in [1.29, 1.82) is 0 Å². The highest BCUT2D eigenvalue weighted by molar-refractivity contribution is 8.01. The van der Waals surface area contributed by atoms with E-state index in [1.165, 1.54) is 18.4 Å². The van der Waals surface area contributed by atoms with Gasteiger partial charge in [-0.15, -0.1) is 11.8 Å². The fourth-order valence-electron chi connectivity index (χ4n) is 4.38. The summed E-state index contributed by atoms with van der Waals surface area (Å²) in [6, 6.07) is 7.30. The topological polar surface area (TPSA) is 49.4 Å². The first-order chi connectivity index (χ1) is 12.5. The van der Waals surface area contributed by atoms with E-state index in [0.717, 1.165) is 30.4 Å². The van der Waals surface area contributed by atoms with Crippen molar-refractivity contribution in [3.05, 3.63) is 47.0 Å². The van der Waals surface area contributed by atoms with E-state index in [9.17, 15) is 9.59 Å². The van der Waals surface area contributed by atoms with Crippen molar-refractivity contribution in [2.24, 2.45) is 0 Å². The number of benzene rings is 1. The Morgan fingerprint density at radius 2 is 2.12 bits per heavy atom. The lowest BCUT2D eigenvalue weighted by atomic mass is 9.97. The largest absolute Gasteiger partial charge is 0.354 e. The predicted octanol–water partition coefficient (Wildman–Crippen LogP) is 4.04. The molecule has 1 aliphatic carbocycles. The predicted molar refractivity (Wildman–Crippen MR) is 105 cm³/mol. The van der Waals surface area contributed by atoms with Gasteiger partial charge in [0, 0.05) is 16.9 Å². The quantitative estimate of drug-likeness (QED) is 0.814. The lowest BCUT2D eigenvalue weighted by Crippen LogP contribution is -2.52. The highest BCUT2D eigenvalue weighted by Crippen LogP contribution is 2.56. The van der Waals surface area contributed by atoms with Crippen molar-refractivity contribution in [2.45, 2.75) is 62.1 Å². The van der Waals surface area contributed by atoms with Gasteiger partial charge >= 0.3 is 0 Å². The van der Waals surface area contributed by atoms with E-state index >= 15 is 0 Å². The van der Waals surface area contributed by atoms with Crippen LogP contribution in [0.4, 0.5) is 0 Å². The van der Waals surface area contributed by atoms with E-state index in [-0.39, 0.29) is 21.9 Å². The van der Waals surface area contributed by atoms with Crippen LogP contribution in [-0.2, 0) is 4.79 Å². The van der Waals surface area contributed by atoms with Crippen molar-refractivity contribution in [2.75, 3.05) is 6.54 Å². The first-order valence-electron chi connectivity index (χ1n) is 9.54. The zero-order chi connectivity index (χ0) is 18.3. The standard InChI is InChI=1S/C21H26N2O2S/c1-21(2)17(18(24)22-13-12-14-8-4-3-5-9-14)23-19(25)15-10-6-7-11-16(15)20(23)26-21/h6-8,10-11,17,20H,3-5,9,12-13H2,1-2H3,(H,22,24). The maximum atomic E-state index is 13.0. The van der Waals surface area contributed by atoms with Crippen LogP contribution in [0, 0.1) is 0 Å². The number of rotatable bonds is 4. The number of hydrogen-bond donors (Lipinski definition) is 1. The van der Waals surface area contributed by atoms with Crippen molar-refractivity contribution >= 4 is 23.6 Å². The summed E-state index contributed by atoms with van der Waals surface area (Å²) >= 11 is 1.72. The second-order valence-corrected chi connectivity index (χ2v) is 9.66. The Morgan fingerprint density at radius 3 is 2.88 bits per heavy atom. The molecule has 1 fully saturated rings. The van der Waals surface area contributed by atoms with E-state index in [4.69, 9.17) is 0 Å². The van der Waals surface area contributed by atoms with E-state index < -0.39 is 6.04 Å². The zero-order valence-corrected chi connectivity index (χ0v) is 16.3. The molecule has 2 atom stereocenters. The van der Waals surface area contributed by atoms with Gasteiger partial charge < -0.3 is 10.2 Å². The molecule has 0 aromatic heterocycles. The summed E-state index contributed by atoms with van der Waals surface area (Å²) in [7, 11) is 0. The van der Waals surface area contributed by atoms with Gasteiger partial charge in [-0.05, 0) is 57.6 Å². The summed E-state index contributed by atoms with van der Waals surface area (Å²) in [5, 5.41) is 3.05. The van der Waals surface area contributed by atoms with Crippen LogP contribution in [0.1, 0.15) is 67.2 Å². The Labute approximate surface area is 159 Å². The Hall–Kier alpha value is -1.75. The second-order valence-electron chi connectivity index (χ2n) is 7.93. The number of carbonyl (C=O) groups excluding carboxylic acids is 2. The first-order valence-corrected chi connectivity index (χ1v) is 10.4. The van der Waals surface area contributed by atoms with Gasteiger partial charge in [0.15, 0.2) is 0 Å². The molecule has 26 heavy (non-hydrogen) atoms. The summed E-state index contributed by atoms with van der Waals surface area (Å²) in [6.07, 6.45) is 8.10. The van der Waals surface area contributed by atoms with Crippen LogP contribution in [0.3, 0.4) is 0 Å². The van der Waals surface area contributed by atoms with Crippen LogP contribution in [0.15, 0.2) is 35.9 Å². The number of nitrogens with one attached hydrogen (secondary N) is 1. The van der Waals surface area contributed by atoms with Gasteiger partial charge in [0.05, 0.1) is 0 Å². The molecule has 3 aliphatic rings. The molecule has 4 nitrogen and oxygen atoms in total. The molecule has 0 spiro atoms. The van der Waals surface area contributed by atoms with Crippen molar-refractivity contribution in [1.82, 2.24) is 10.2 Å². The molecule has 1 aromatic rings. The maximum Gasteiger partial charge on any atom is 0.256 e. The number of nitrogens with zero attached hydrogens (tertiary/aromatic N) is 1. The molecule has 2 amide bonds. The van der Waals surface area contributed by atoms with Gasteiger partial charge in [0.25, 0.3) is 5.91 Å². The molecule has 5 heteroatoms. The molecule has 0 bridgehead atoms. The van der Waals surface area contributed by atoms with Crippen LogP contribution >= 0.6 is 11.8 Å². The maximum absolute atomic E-state index is 13.0. The monoisotopic (exact) mass is 370 g/mol. The average Bonchev–Trinajstić information content (AvgIpc) is 3.06. The molecular formula is C21H26N2O2S. The van der Waals surface area contributed by atoms with Crippen LogP contribution in [0.25, 0.3) is 0 Å². The van der Waals surface area contributed by atoms with Gasteiger partial charge in [-0.25, -0.2) is 0 Å². The number of carbonyl (C=O) groups is 2. The summed E-state index contributed by atoms with van der Waals surface area (Å²) in [4.78, 5) is 27.7. The third-order valence-corrected chi connectivity index (χ3v) is 7.21. The molecular weight excluding hydrogens is 344 g/mol. The smallest absolute Gasteiger partial charge is 0.256 e. The van der Waals surface area contributed by atoms with E-state index in [2.05, 4.69) is 25.2 Å². The lowest BCUT2D eigenvalue weighted by Gasteiger charge is -2.29. The third-order valence-electron chi connectivity index (χ3n) is 5.68. The lowest BCUT2D eigenvalue weighted by molar-refractivity contribution is -0.126. The molecule has 2 unspecified atom stereocenters. The average molecular weight is 371 g/mol. The van der Waals surface area contributed by atoms with Gasteiger partial charge in [-0.2, -0.15) is 0 Å². The zero-order valence-electron chi connectivity index (χ0n) is 15.5. The number of fused-ring (bicyclic) bond motifs is 3. The minimum absolute atomic E-state index is 0.0150. The Kier molecular flexibility index (Phi) is 4.59. The number of amides is 2. The summed E-state index contributed by atoms with van der Waals surface area (Å²) in [5.74, 6) is -0.0404. The summed E-state index contributed by atoms with van der Waals surface area (Å²) in [6.45, 7) is 4.79. The van der Waals surface area contributed by atoms with Gasteiger partial charge in [-0.3, -0.25) is 9.59 Å². The Bertz CT molecular complexity index is 771. The second kappa shape index (κ2) is 6.76. The molecule has 1 saturated heterocycles. The van der Waals surface area contributed by atoms with Gasteiger partial charge in [0.1, 0.15) is 11.4 Å². The fraction of sp³-hybridized carbons (Fsp3) is 0.524. The minimum Gasteiger partial charge on any atom is -0.354 e. The molecule has 1 aromatic carbocycles. The van der Waals surface area contributed by atoms with Gasteiger partial charge in [-0.1, -0.05) is 29.8 Å². The van der Waals surface area contributed by atoms with Crippen LogP contribution in [-0.4, -0.2) is 34.0 Å². The molecule has 0 saturated carbocycles. The summed E-state index contributed by atoms with van der Waals surface area (Å²) < 4.78 is -0.304. The Morgan fingerprint density at radius 1 is 1.31 bits per heavy atom. The van der Waals surface area contributed by atoms with Crippen LogP contribution in [0.5, 0.6) is 0 Å². The SMILES string of the molecule is CC1(C)SC2c3ccccc3C(=O)N2C1C(=O)NCCC1=CCCCC1. The number of thioether (sulfide) groups is 1. The molecule has 2 aliphatic heterocycles. The highest BCUT2D eigenvalue weighted by Gasteiger charge is 2.57. The van der Waals surface area contributed by atoms with Crippen LogP contribution in [0.2, 0.25) is 0 Å². The fourth-order valence-corrected chi connectivity index (χ4v) is 5.97. The molecule has 2 heterocycles. The van der Waals surface area contributed by atoms with Crippen molar-refractivity contribution in [3.63, 3.8) is 0 Å². The van der Waals surface area contributed by atoms with Crippen LogP contribution < -0.4 is 5.32 Å². The van der Waals surface area contributed by atoms with Gasteiger partial charge in [0.2, 0.25) is 5.91 Å². The van der Waals surface area contributed by atoms with Crippen molar-refractivity contribution < 1.29 is 9.59 Å². The Balaban J connectivity index is 1.48. The van der Waals surface area contributed by atoms with E-state index in [0.29, 0.717) is 6.54 Å². The molecule has 0 radical (unpaired) electrons. The molecule has 1 N–H and O–H groups in total. The number of hydrogen-bond acceptors (Lipinski definition) is 3. The molecule has 138 valence electrons. The summed E-state index contributed by atoms with van der Waals surface area (Å²) in [5.41, 5.74) is 3.24.